The summed E-state index contributed by atoms with van der Waals surface area (Å²) in [5.74, 6) is 0. The van der Waals surface area contributed by atoms with E-state index in [4.69, 9.17) is 4.74 Å². The van der Waals surface area contributed by atoms with Crippen LogP contribution in [0.4, 0.5) is 0 Å². The number of methoxy groups -OCH3 is 1. The Hall–Kier alpha value is -1.86. The lowest BCUT2D eigenvalue weighted by Gasteiger charge is -2.47. The van der Waals surface area contributed by atoms with Crippen LogP contribution >= 0.6 is 0 Å². The predicted molar refractivity (Wildman–Crippen MR) is 108 cm³/mol. The lowest BCUT2D eigenvalue weighted by Crippen LogP contribution is -2.46. The van der Waals surface area contributed by atoms with Gasteiger partial charge in [-0.1, -0.05) is 82.3 Å². The van der Waals surface area contributed by atoms with E-state index in [9.17, 15) is 0 Å². The second kappa shape index (κ2) is 6.46. The standard InChI is InChI=1S/C24H30O/c1-17(14-18-10-8-7-9-11-18)19-12-13-20-21(15-19)24(4,5)22(25-6)16-23(20,2)3/h7-15,22H,16H2,1-6H3/b17-14+. The number of fused-ring (bicyclic) bond motifs is 1. The second-order valence-corrected chi connectivity index (χ2v) is 8.53. The Morgan fingerprint density at radius 2 is 1.68 bits per heavy atom. The molecule has 0 N–H and O–H groups in total. The zero-order valence-electron chi connectivity index (χ0n) is 16.4. The molecule has 0 amide bonds. The smallest absolute Gasteiger partial charge is 0.0670 e. The van der Waals surface area contributed by atoms with Gasteiger partial charge in [-0.05, 0) is 46.6 Å². The number of benzene rings is 2. The number of allylic oxidation sites excluding steroid dienone is 1. The zero-order valence-corrected chi connectivity index (χ0v) is 16.4. The van der Waals surface area contributed by atoms with Gasteiger partial charge < -0.3 is 4.74 Å². The van der Waals surface area contributed by atoms with Gasteiger partial charge in [0.1, 0.15) is 0 Å². The third kappa shape index (κ3) is 3.30. The molecule has 1 nitrogen and oxygen atoms in total. The van der Waals surface area contributed by atoms with Crippen molar-refractivity contribution in [3.8, 4) is 0 Å². The van der Waals surface area contributed by atoms with E-state index >= 15 is 0 Å². The maximum absolute atomic E-state index is 5.88. The van der Waals surface area contributed by atoms with E-state index in [-0.39, 0.29) is 16.9 Å². The molecule has 132 valence electrons. The first-order chi connectivity index (χ1) is 11.8. The van der Waals surface area contributed by atoms with Crippen LogP contribution < -0.4 is 0 Å². The second-order valence-electron chi connectivity index (χ2n) is 8.53. The molecular formula is C24H30O. The fourth-order valence-corrected chi connectivity index (χ4v) is 4.18. The molecule has 0 spiro atoms. The van der Waals surface area contributed by atoms with Crippen molar-refractivity contribution in [1.29, 1.82) is 0 Å². The number of hydrogen-bond acceptors (Lipinski definition) is 1. The van der Waals surface area contributed by atoms with Crippen molar-refractivity contribution in [2.75, 3.05) is 7.11 Å². The summed E-state index contributed by atoms with van der Waals surface area (Å²) in [5.41, 5.74) is 6.87. The Kier molecular flexibility index (Phi) is 4.64. The molecule has 2 aromatic rings. The first-order valence-electron chi connectivity index (χ1n) is 9.17. The van der Waals surface area contributed by atoms with E-state index in [1.165, 1.54) is 27.8 Å². The quantitative estimate of drug-likeness (QED) is 0.605. The van der Waals surface area contributed by atoms with Gasteiger partial charge in [-0.15, -0.1) is 0 Å². The van der Waals surface area contributed by atoms with E-state index in [0.717, 1.165) is 6.42 Å². The SMILES string of the molecule is COC1CC(C)(C)c2ccc(/C(C)=C/c3ccccc3)cc2C1(C)C. The van der Waals surface area contributed by atoms with Crippen LogP contribution in [0.2, 0.25) is 0 Å². The summed E-state index contributed by atoms with van der Waals surface area (Å²) in [6.07, 6.45) is 3.56. The molecule has 0 radical (unpaired) electrons. The van der Waals surface area contributed by atoms with Crippen molar-refractivity contribution in [1.82, 2.24) is 0 Å². The van der Waals surface area contributed by atoms with Crippen LogP contribution in [-0.2, 0) is 15.6 Å². The van der Waals surface area contributed by atoms with Gasteiger partial charge >= 0.3 is 0 Å². The maximum atomic E-state index is 5.88. The molecule has 1 heteroatoms. The highest BCUT2D eigenvalue weighted by molar-refractivity contribution is 5.80. The molecule has 0 fully saturated rings. The third-order valence-corrected chi connectivity index (χ3v) is 5.87. The fourth-order valence-electron chi connectivity index (χ4n) is 4.18. The summed E-state index contributed by atoms with van der Waals surface area (Å²) in [4.78, 5) is 0. The average molecular weight is 335 g/mol. The van der Waals surface area contributed by atoms with Crippen LogP contribution in [0, 0.1) is 0 Å². The molecule has 25 heavy (non-hydrogen) atoms. The first kappa shape index (κ1) is 17.9. The highest BCUT2D eigenvalue weighted by atomic mass is 16.5. The minimum Gasteiger partial charge on any atom is -0.381 e. The van der Waals surface area contributed by atoms with E-state index in [1.807, 2.05) is 7.11 Å². The molecule has 0 bridgehead atoms. The van der Waals surface area contributed by atoms with Crippen LogP contribution in [0.15, 0.2) is 48.5 Å². The summed E-state index contributed by atoms with van der Waals surface area (Å²) in [6.45, 7) is 11.5. The van der Waals surface area contributed by atoms with Crippen molar-refractivity contribution in [3.05, 3.63) is 70.8 Å². The summed E-state index contributed by atoms with van der Waals surface area (Å²) >= 11 is 0. The molecule has 2 aromatic carbocycles. The van der Waals surface area contributed by atoms with Gasteiger partial charge in [-0.25, -0.2) is 0 Å². The molecule has 1 aliphatic rings. The minimum atomic E-state index is 0.0165. The minimum absolute atomic E-state index is 0.0165. The summed E-state index contributed by atoms with van der Waals surface area (Å²) in [5, 5.41) is 0. The van der Waals surface area contributed by atoms with Crippen molar-refractivity contribution in [2.45, 2.75) is 58.0 Å². The molecule has 0 aromatic heterocycles. The number of hydrogen-bond donors (Lipinski definition) is 0. The molecule has 0 saturated carbocycles. The molecule has 1 aliphatic carbocycles. The predicted octanol–water partition coefficient (Wildman–Crippen LogP) is 6.22. The molecule has 0 aliphatic heterocycles. The van der Waals surface area contributed by atoms with Crippen LogP contribution in [0.5, 0.6) is 0 Å². The van der Waals surface area contributed by atoms with Gasteiger partial charge in [0.2, 0.25) is 0 Å². The van der Waals surface area contributed by atoms with Crippen LogP contribution in [-0.4, -0.2) is 13.2 Å². The Balaban J connectivity index is 2.08. The highest BCUT2D eigenvalue weighted by Gasteiger charge is 2.44. The van der Waals surface area contributed by atoms with Gasteiger partial charge in [-0.2, -0.15) is 0 Å². The van der Waals surface area contributed by atoms with Crippen molar-refractivity contribution in [3.63, 3.8) is 0 Å². The van der Waals surface area contributed by atoms with E-state index in [1.54, 1.807) is 0 Å². The van der Waals surface area contributed by atoms with Crippen molar-refractivity contribution in [2.24, 2.45) is 0 Å². The summed E-state index contributed by atoms with van der Waals surface area (Å²) < 4.78 is 5.88. The van der Waals surface area contributed by atoms with Crippen LogP contribution in [0.25, 0.3) is 11.6 Å². The number of rotatable bonds is 3. The molecule has 1 unspecified atom stereocenters. The summed E-state index contributed by atoms with van der Waals surface area (Å²) in [6, 6.07) is 17.5. The van der Waals surface area contributed by atoms with Gasteiger partial charge in [0.15, 0.2) is 0 Å². The van der Waals surface area contributed by atoms with E-state index in [2.05, 4.69) is 89.2 Å². The maximum Gasteiger partial charge on any atom is 0.0670 e. The van der Waals surface area contributed by atoms with Gasteiger partial charge in [0, 0.05) is 12.5 Å². The largest absolute Gasteiger partial charge is 0.381 e. The normalized spacial score (nSPS) is 21.7. The Labute approximate surface area is 152 Å². The molecule has 3 rings (SSSR count). The Morgan fingerprint density at radius 1 is 1.00 bits per heavy atom. The number of ether oxygens (including phenoxy) is 1. The van der Waals surface area contributed by atoms with E-state index < -0.39 is 0 Å². The average Bonchev–Trinajstić information content (AvgIpc) is 2.59. The van der Waals surface area contributed by atoms with Crippen molar-refractivity contribution < 1.29 is 4.74 Å². The van der Waals surface area contributed by atoms with Crippen molar-refractivity contribution >= 4 is 11.6 Å². The summed E-state index contributed by atoms with van der Waals surface area (Å²) in [7, 11) is 1.85. The molecule has 0 saturated heterocycles. The third-order valence-electron chi connectivity index (χ3n) is 5.87. The Bertz CT molecular complexity index is 781. The molecule has 0 heterocycles. The van der Waals surface area contributed by atoms with Crippen LogP contribution in [0.3, 0.4) is 0 Å². The Morgan fingerprint density at radius 3 is 2.32 bits per heavy atom. The topological polar surface area (TPSA) is 9.23 Å². The monoisotopic (exact) mass is 334 g/mol. The van der Waals surface area contributed by atoms with Gasteiger partial charge in [-0.3, -0.25) is 0 Å². The van der Waals surface area contributed by atoms with Gasteiger partial charge in [0.05, 0.1) is 6.10 Å². The zero-order chi connectivity index (χ0) is 18.2. The highest BCUT2D eigenvalue weighted by Crippen LogP contribution is 2.47. The lowest BCUT2D eigenvalue weighted by molar-refractivity contribution is 0.0143. The van der Waals surface area contributed by atoms with Gasteiger partial charge in [0.25, 0.3) is 0 Å². The van der Waals surface area contributed by atoms with E-state index in [0.29, 0.717) is 0 Å². The fraction of sp³-hybridized carbons (Fsp3) is 0.417. The van der Waals surface area contributed by atoms with Crippen LogP contribution in [0.1, 0.15) is 63.3 Å². The molecular weight excluding hydrogens is 304 g/mol. The molecule has 1 atom stereocenters. The lowest BCUT2D eigenvalue weighted by atomic mass is 9.61. The first-order valence-corrected chi connectivity index (χ1v) is 9.17.